The lowest BCUT2D eigenvalue weighted by Crippen LogP contribution is -2.41. The van der Waals surface area contributed by atoms with Crippen molar-refractivity contribution in [2.24, 2.45) is 5.73 Å². The quantitative estimate of drug-likeness (QED) is 0.645. The van der Waals surface area contributed by atoms with Gasteiger partial charge in [0, 0.05) is 6.42 Å². The van der Waals surface area contributed by atoms with Gasteiger partial charge in [-0.05, 0) is 26.3 Å². The number of rotatable bonds is 6. The summed E-state index contributed by atoms with van der Waals surface area (Å²) in [6, 6.07) is 0.341. The van der Waals surface area contributed by atoms with Crippen molar-refractivity contribution in [3.05, 3.63) is 23.0 Å². The molecule has 4 N–H and O–H groups in total. The molecule has 0 aliphatic carbocycles. The molecule has 20 heavy (non-hydrogen) atoms. The second-order valence-corrected chi connectivity index (χ2v) is 4.35. The molecule has 0 aliphatic heterocycles. The molecule has 8 nitrogen and oxygen atoms in total. The molecule has 2 amide bonds. The first-order valence-corrected chi connectivity index (χ1v) is 5.94. The third-order valence-electron chi connectivity index (χ3n) is 2.63. The van der Waals surface area contributed by atoms with Crippen LogP contribution in [0, 0.1) is 13.8 Å². The molecule has 8 heteroatoms. The molecule has 1 atom stereocenters. The van der Waals surface area contributed by atoms with Crippen LogP contribution in [0.15, 0.2) is 6.07 Å². The smallest absolute Gasteiger partial charge is 0.326 e. The molecule has 0 aliphatic rings. The van der Waals surface area contributed by atoms with Gasteiger partial charge in [0.05, 0.1) is 17.0 Å². The Morgan fingerprint density at radius 2 is 2.00 bits per heavy atom. The van der Waals surface area contributed by atoms with Crippen LogP contribution in [0.25, 0.3) is 0 Å². The number of hydrogen-bond acceptors (Lipinski definition) is 5. The summed E-state index contributed by atoms with van der Waals surface area (Å²) in [4.78, 5) is 33.7. The van der Waals surface area contributed by atoms with E-state index >= 15 is 0 Å². The number of aromatic nitrogens is 2. The van der Waals surface area contributed by atoms with Crippen molar-refractivity contribution in [2.45, 2.75) is 32.7 Å². The van der Waals surface area contributed by atoms with Crippen molar-refractivity contribution in [3.63, 3.8) is 0 Å². The zero-order valence-electron chi connectivity index (χ0n) is 11.2. The number of aryl methyl sites for hydroxylation is 2. The Morgan fingerprint density at radius 3 is 2.55 bits per heavy atom. The first-order valence-electron chi connectivity index (χ1n) is 5.94. The van der Waals surface area contributed by atoms with E-state index in [1.807, 2.05) is 0 Å². The van der Waals surface area contributed by atoms with Crippen molar-refractivity contribution < 1.29 is 19.5 Å². The van der Waals surface area contributed by atoms with Crippen LogP contribution in [0.3, 0.4) is 0 Å². The third kappa shape index (κ3) is 4.30. The average molecular weight is 280 g/mol. The van der Waals surface area contributed by atoms with E-state index in [0.717, 1.165) is 0 Å². The van der Waals surface area contributed by atoms with Gasteiger partial charge in [-0.3, -0.25) is 9.59 Å². The molecule has 1 aromatic heterocycles. The molecule has 0 saturated heterocycles. The number of nitrogens with two attached hydrogens (primary N) is 1. The minimum atomic E-state index is -1.23. The fourth-order valence-electron chi connectivity index (χ4n) is 1.56. The van der Waals surface area contributed by atoms with Gasteiger partial charge in [-0.1, -0.05) is 0 Å². The van der Waals surface area contributed by atoms with Crippen molar-refractivity contribution in [2.75, 3.05) is 0 Å². The SMILES string of the molecule is Cc1cc(C(=O)N[C@H](CCC(N)=O)C(=O)O)c(C)nn1. The number of nitrogens with zero attached hydrogens (tertiary/aromatic N) is 2. The summed E-state index contributed by atoms with van der Waals surface area (Å²) in [5.41, 5.74) is 6.16. The second kappa shape index (κ2) is 6.60. The lowest BCUT2D eigenvalue weighted by molar-refractivity contribution is -0.139. The molecule has 0 fully saturated rings. The molecule has 1 rings (SSSR count). The van der Waals surface area contributed by atoms with Crippen LogP contribution in [0.5, 0.6) is 0 Å². The molecule has 1 heterocycles. The molecular formula is C12H16N4O4. The van der Waals surface area contributed by atoms with E-state index in [1.54, 1.807) is 13.8 Å². The maximum atomic E-state index is 12.0. The number of carbonyl (C=O) groups excluding carboxylic acids is 2. The van der Waals surface area contributed by atoms with E-state index in [2.05, 4.69) is 15.5 Å². The zero-order chi connectivity index (χ0) is 15.3. The zero-order valence-corrected chi connectivity index (χ0v) is 11.2. The number of nitrogens with one attached hydrogen (secondary N) is 1. The number of hydrogen-bond donors (Lipinski definition) is 3. The minimum Gasteiger partial charge on any atom is -0.480 e. The predicted octanol–water partition coefficient (Wildman–Crippen LogP) is -0.458. The summed E-state index contributed by atoms with van der Waals surface area (Å²) in [5, 5.41) is 18.9. The number of carbonyl (C=O) groups is 3. The number of aliphatic carboxylic acids is 1. The Balaban J connectivity index is 2.82. The Kier molecular flexibility index (Phi) is 5.13. The maximum absolute atomic E-state index is 12.0. The molecule has 108 valence electrons. The van der Waals surface area contributed by atoms with Gasteiger partial charge in [0.1, 0.15) is 6.04 Å². The minimum absolute atomic E-state index is 0.0626. The van der Waals surface area contributed by atoms with Crippen LogP contribution in [-0.4, -0.2) is 39.1 Å². The number of amides is 2. The third-order valence-corrected chi connectivity index (χ3v) is 2.63. The van der Waals surface area contributed by atoms with Crippen molar-refractivity contribution >= 4 is 17.8 Å². The fourth-order valence-corrected chi connectivity index (χ4v) is 1.56. The first-order chi connectivity index (χ1) is 9.31. The lowest BCUT2D eigenvalue weighted by atomic mass is 10.1. The predicted molar refractivity (Wildman–Crippen MR) is 68.8 cm³/mol. The highest BCUT2D eigenvalue weighted by atomic mass is 16.4. The van der Waals surface area contributed by atoms with Crippen molar-refractivity contribution in [1.29, 1.82) is 0 Å². The first kappa shape index (κ1) is 15.5. The second-order valence-electron chi connectivity index (χ2n) is 4.35. The summed E-state index contributed by atoms with van der Waals surface area (Å²) in [6.45, 7) is 3.27. The monoisotopic (exact) mass is 280 g/mol. The standard InChI is InChI=1S/C12H16N4O4/c1-6-5-8(7(2)16-15-6)11(18)14-9(12(19)20)3-4-10(13)17/h5,9H,3-4H2,1-2H3,(H2,13,17)(H,14,18)(H,19,20)/t9-/m1/s1. The number of carboxylic acid groups (broad SMARTS) is 1. The van der Waals surface area contributed by atoms with Gasteiger partial charge in [0.2, 0.25) is 5.91 Å². The van der Waals surface area contributed by atoms with Crippen LogP contribution >= 0.6 is 0 Å². The number of carboxylic acids is 1. The molecule has 0 radical (unpaired) electrons. The molecule has 1 aromatic rings. The van der Waals surface area contributed by atoms with Gasteiger partial charge in [-0.15, -0.1) is 0 Å². The highest BCUT2D eigenvalue weighted by molar-refractivity contribution is 5.97. The van der Waals surface area contributed by atoms with Gasteiger partial charge >= 0.3 is 5.97 Å². The van der Waals surface area contributed by atoms with Gasteiger partial charge in [-0.25, -0.2) is 4.79 Å². The van der Waals surface area contributed by atoms with E-state index in [9.17, 15) is 14.4 Å². The largest absolute Gasteiger partial charge is 0.480 e. The van der Waals surface area contributed by atoms with E-state index in [-0.39, 0.29) is 18.4 Å². The van der Waals surface area contributed by atoms with E-state index in [4.69, 9.17) is 10.8 Å². The normalized spacial score (nSPS) is 11.7. The Hall–Kier alpha value is -2.51. The fraction of sp³-hybridized carbons (Fsp3) is 0.417. The summed E-state index contributed by atoms with van der Waals surface area (Å²) < 4.78 is 0. The maximum Gasteiger partial charge on any atom is 0.326 e. The van der Waals surface area contributed by atoms with Gasteiger partial charge in [-0.2, -0.15) is 10.2 Å². The van der Waals surface area contributed by atoms with Gasteiger partial charge in [0.15, 0.2) is 0 Å². The summed E-state index contributed by atoms with van der Waals surface area (Å²) in [5.74, 6) is -2.42. The van der Waals surface area contributed by atoms with E-state index < -0.39 is 23.8 Å². The van der Waals surface area contributed by atoms with Crippen LogP contribution < -0.4 is 11.1 Å². The van der Waals surface area contributed by atoms with Gasteiger partial charge in [0.25, 0.3) is 5.91 Å². The Bertz CT molecular complexity index is 544. The topological polar surface area (TPSA) is 135 Å². The Morgan fingerprint density at radius 1 is 1.35 bits per heavy atom. The van der Waals surface area contributed by atoms with Crippen LogP contribution in [0.2, 0.25) is 0 Å². The van der Waals surface area contributed by atoms with Crippen LogP contribution in [0.1, 0.15) is 34.6 Å². The molecule has 0 unspecified atom stereocenters. The Labute approximate surface area is 115 Å². The lowest BCUT2D eigenvalue weighted by Gasteiger charge is -2.14. The van der Waals surface area contributed by atoms with Gasteiger partial charge < -0.3 is 16.2 Å². The molecule has 0 bridgehead atoms. The van der Waals surface area contributed by atoms with Crippen LogP contribution in [0.4, 0.5) is 0 Å². The van der Waals surface area contributed by atoms with E-state index in [0.29, 0.717) is 11.4 Å². The molecule has 0 saturated carbocycles. The van der Waals surface area contributed by atoms with E-state index in [1.165, 1.54) is 6.07 Å². The number of primary amides is 1. The average Bonchev–Trinajstić information content (AvgIpc) is 2.36. The highest BCUT2D eigenvalue weighted by Gasteiger charge is 2.22. The molecule has 0 aromatic carbocycles. The molecular weight excluding hydrogens is 264 g/mol. The summed E-state index contributed by atoms with van der Waals surface area (Å²) in [6.07, 6.45) is -0.184. The van der Waals surface area contributed by atoms with Crippen LogP contribution in [-0.2, 0) is 9.59 Å². The summed E-state index contributed by atoms with van der Waals surface area (Å²) >= 11 is 0. The van der Waals surface area contributed by atoms with Crippen molar-refractivity contribution in [1.82, 2.24) is 15.5 Å². The highest BCUT2D eigenvalue weighted by Crippen LogP contribution is 2.07. The van der Waals surface area contributed by atoms with Crippen molar-refractivity contribution in [3.8, 4) is 0 Å². The molecule has 0 spiro atoms. The summed E-state index contributed by atoms with van der Waals surface area (Å²) in [7, 11) is 0.